The molecule has 0 aliphatic rings. The summed E-state index contributed by atoms with van der Waals surface area (Å²) in [5.74, 6) is 0. The van der Waals surface area contributed by atoms with Crippen LogP contribution in [0, 0.1) is 0 Å². The highest BCUT2D eigenvalue weighted by molar-refractivity contribution is 5.65. The number of hydrogen-bond acceptors (Lipinski definition) is 1. The molecular formula is C12H11N. The number of hydrogen-bond donors (Lipinski definition) is 1. The van der Waals surface area contributed by atoms with E-state index in [0.717, 1.165) is 5.69 Å². The van der Waals surface area contributed by atoms with Crippen molar-refractivity contribution in [3.63, 3.8) is 0 Å². The molecule has 0 unspecified atom stereocenters. The summed E-state index contributed by atoms with van der Waals surface area (Å²) in [6, 6.07) is 18.2. The fraction of sp³-hybridized carbons (Fsp3) is 0. The van der Waals surface area contributed by atoms with E-state index < -0.39 is 0 Å². The van der Waals surface area contributed by atoms with Crippen LogP contribution < -0.4 is 5.73 Å². The Bertz CT molecular complexity index is 376. The second-order valence-corrected chi connectivity index (χ2v) is 2.99. The van der Waals surface area contributed by atoms with Gasteiger partial charge < -0.3 is 5.73 Å². The van der Waals surface area contributed by atoms with Gasteiger partial charge in [0.25, 0.3) is 0 Å². The third kappa shape index (κ3) is 1.70. The Morgan fingerprint density at radius 2 is 1.15 bits per heavy atom. The molecule has 0 atom stereocenters. The summed E-state index contributed by atoms with van der Waals surface area (Å²) in [5, 5.41) is 0. The summed E-state index contributed by atoms with van der Waals surface area (Å²) in [4.78, 5) is 0. The molecule has 0 heterocycles. The minimum absolute atomic E-state index is 0.805. The van der Waals surface area contributed by atoms with E-state index >= 15 is 0 Å². The minimum Gasteiger partial charge on any atom is -0.399 e. The molecule has 2 N–H and O–H groups in total. The zero-order valence-corrected chi connectivity index (χ0v) is 7.27. The first-order valence-electron chi connectivity index (χ1n) is 4.27. The fourth-order valence-corrected chi connectivity index (χ4v) is 1.31. The molecule has 0 saturated heterocycles. The lowest BCUT2D eigenvalue weighted by Crippen LogP contribution is -1.83. The average Bonchev–Trinajstić information content (AvgIpc) is 2.20. The lowest BCUT2D eigenvalue weighted by molar-refractivity contribution is 1.61. The van der Waals surface area contributed by atoms with Gasteiger partial charge in [-0.25, -0.2) is 0 Å². The quantitative estimate of drug-likeness (QED) is 0.662. The largest absolute Gasteiger partial charge is 0.399 e. The third-order valence-corrected chi connectivity index (χ3v) is 2.02. The predicted octanol–water partition coefficient (Wildman–Crippen LogP) is 2.94. The zero-order chi connectivity index (χ0) is 9.10. The van der Waals surface area contributed by atoms with E-state index in [1.54, 1.807) is 0 Å². The van der Waals surface area contributed by atoms with Gasteiger partial charge in [-0.15, -0.1) is 0 Å². The smallest absolute Gasteiger partial charge is 0.0314 e. The Morgan fingerprint density at radius 1 is 0.615 bits per heavy atom. The normalized spacial score (nSPS) is 9.85. The Labute approximate surface area is 77.8 Å². The van der Waals surface area contributed by atoms with Crippen LogP contribution in [-0.2, 0) is 0 Å². The molecule has 0 spiro atoms. The van der Waals surface area contributed by atoms with E-state index in [4.69, 9.17) is 5.73 Å². The Balaban J connectivity index is 2.42. The molecule has 64 valence electrons. The van der Waals surface area contributed by atoms with Crippen LogP contribution in [0.4, 0.5) is 5.69 Å². The molecule has 0 bridgehead atoms. The lowest BCUT2D eigenvalue weighted by atomic mass is 10.2. The Hall–Kier alpha value is -1.76. The van der Waals surface area contributed by atoms with Crippen LogP contribution in [0.15, 0.2) is 54.6 Å². The summed E-state index contributed by atoms with van der Waals surface area (Å²) >= 11 is 0. The molecule has 1 nitrogen and oxygen atoms in total. The van der Waals surface area contributed by atoms with Crippen molar-refractivity contribution in [1.82, 2.24) is 0 Å². The van der Waals surface area contributed by atoms with Crippen molar-refractivity contribution in [2.45, 2.75) is 0 Å². The molecule has 13 heavy (non-hydrogen) atoms. The van der Waals surface area contributed by atoms with Crippen LogP contribution in [0.25, 0.3) is 11.1 Å². The van der Waals surface area contributed by atoms with Gasteiger partial charge in [0.05, 0.1) is 0 Å². The topological polar surface area (TPSA) is 26.0 Å². The van der Waals surface area contributed by atoms with Crippen LogP contribution in [-0.4, -0.2) is 0 Å². The van der Waals surface area contributed by atoms with Gasteiger partial charge in [-0.3, -0.25) is 0 Å². The standard InChI is InChI=1S/C12H11N/c13-12-8-6-11(7-9-12)10-4-2-1-3-5-10/h1-9H,13H2/i1+1,2+1,3+1,4+1,5+1,10+1. The van der Waals surface area contributed by atoms with Crippen LogP contribution in [0.1, 0.15) is 0 Å². The molecule has 1 heteroatoms. The van der Waals surface area contributed by atoms with Gasteiger partial charge in [-0.1, -0.05) is 42.5 Å². The molecule has 2 aromatic rings. The summed E-state index contributed by atoms with van der Waals surface area (Å²) in [7, 11) is 0. The van der Waals surface area contributed by atoms with Crippen LogP contribution in [0.3, 0.4) is 0 Å². The molecule has 0 amide bonds. The average molecular weight is 175 g/mol. The Morgan fingerprint density at radius 3 is 1.77 bits per heavy atom. The van der Waals surface area contributed by atoms with Crippen molar-refractivity contribution >= 4 is 5.69 Å². The first-order valence-corrected chi connectivity index (χ1v) is 4.27. The van der Waals surface area contributed by atoms with Crippen molar-refractivity contribution in [1.29, 1.82) is 0 Å². The van der Waals surface area contributed by atoms with Gasteiger partial charge in [-0.05, 0) is 23.3 Å². The molecule has 0 aliphatic heterocycles. The van der Waals surface area contributed by atoms with Gasteiger partial charge >= 0.3 is 0 Å². The number of rotatable bonds is 1. The number of anilines is 1. The molecular weight excluding hydrogens is 164 g/mol. The van der Waals surface area contributed by atoms with E-state index in [-0.39, 0.29) is 0 Å². The Kier molecular flexibility index (Phi) is 2.01. The molecule has 0 aliphatic carbocycles. The molecule has 2 aromatic carbocycles. The molecule has 0 aromatic heterocycles. The van der Waals surface area contributed by atoms with Crippen molar-refractivity contribution in [2.75, 3.05) is 5.73 Å². The second-order valence-electron chi connectivity index (χ2n) is 2.99. The maximum Gasteiger partial charge on any atom is 0.0314 e. The second kappa shape index (κ2) is 3.31. The highest BCUT2D eigenvalue weighted by Crippen LogP contribution is 2.19. The van der Waals surface area contributed by atoms with Gasteiger partial charge in [0.1, 0.15) is 0 Å². The maximum absolute atomic E-state index is 5.60. The number of nitrogen functional groups attached to an aromatic ring is 1. The summed E-state index contributed by atoms with van der Waals surface area (Å²) < 4.78 is 0. The van der Waals surface area contributed by atoms with Crippen molar-refractivity contribution in [2.24, 2.45) is 0 Å². The van der Waals surface area contributed by atoms with Gasteiger partial charge in [-0.2, -0.15) is 0 Å². The van der Waals surface area contributed by atoms with Gasteiger partial charge in [0, 0.05) is 5.69 Å². The van der Waals surface area contributed by atoms with E-state index in [1.807, 2.05) is 42.5 Å². The van der Waals surface area contributed by atoms with Crippen LogP contribution in [0.2, 0.25) is 0 Å². The number of benzene rings is 2. The van der Waals surface area contributed by atoms with Gasteiger partial charge in [0.2, 0.25) is 0 Å². The van der Waals surface area contributed by atoms with Crippen molar-refractivity contribution in [3.8, 4) is 11.1 Å². The highest BCUT2D eigenvalue weighted by Gasteiger charge is 1.94. The SMILES string of the molecule is Nc1ccc(-[13c]2[13cH][13cH][13cH][13cH][13cH]2)cc1. The summed E-state index contributed by atoms with van der Waals surface area (Å²) in [5.41, 5.74) is 8.84. The maximum atomic E-state index is 5.60. The van der Waals surface area contributed by atoms with Crippen LogP contribution >= 0.6 is 0 Å². The number of nitrogens with two attached hydrogens (primary N) is 1. The lowest BCUT2D eigenvalue weighted by Gasteiger charge is -2.00. The minimum atomic E-state index is 0.805. The van der Waals surface area contributed by atoms with E-state index in [2.05, 4.69) is 12.1 Å². The molecule has 0 saturated carbocycles. The van der Waals surface area contributed by atoms with Gasteiger partial charge in [0.15, 0.2) is 0 Å². The molecule has 0 fully saturated rings. The van der Waals surface area contributed by atoms with E-state index in [0.29, 0.717) is 0 Å². The fourth-order valence-electron chi connectivity index (χ4n) is 1.31. The first kappa shape index (κ1) is 7.87. The summed E-state index contributed by atoms with van der Waals surface area (Å²) in [6.45, 7) is 0. The monoisotopic (exact) mass is 175 g/mol. The molecule has 0 radical (unpaired) electrons. The summed E-state index contributed by atoms with van der Waals surface area (Å²) in [6.07, 6.45) is 0. The molecule has 2 rings (SSSR count). The third-order valence-electron chi connectivity index (χ3n) is 2.02. The first-order chi connectivity index (χ1) is 6.36. The zero-order valence-electron chi connectivity index (χ0n) is 7.27. The van der Waals surface area contributed by atoms with E-state index in [1.165, 1.54) is 11.1 Å². The van der Waals surface area contributed by atoms with Crippen molar-refractivity contribution in [3.05, 3.63) is 54.6 Å². The van der Waals surface area contributed by atoms with Crippen molar-refractivity contribution < 1.29 is 0 Å². The predicted molar refractivity (Wildman–Crippen MR) is 56.3 cm³/mol. The highest BCUT2D eigenvalue weighted by atomic mass is 14.7. The van der Waals surface area contributed by atoms with Crippen LogP contribution in [0.5, 0.6) is 0 Å². The van der Waals surface area contributed by atoms with E-state index in [9.17, 15) is 0 Å².